The predicted molar refractivity (Wildman–Crippen MR) is 114 cm³/mol. The molecule has 0 radical (unpaired) electrons. The number of hydrogen-bond donors (Lipinski definition) is 2. The smallest absolute Gasteiger partial charge is 0.251 e. The molecule has 0 atom stereocenters. The van der Waals surface area contributed by atoms with Gasteiger partial charge in [0.25, 0.3) is 5.91 Å². The molecule has 0 saturated heterocycles. The molecule has 0 aromatic heterocycles. The van der Waals surface area contributed by atoms with Crippen LogP contribution in [0.3, 0.4) is 0 Å². The lowest BCUT2D eigenvalue weighted by molar-refractivity contribution is 0.0964. The number of amides is 1. The fourth-order valence-electron chi connectivity index (χ4n) is 3.03. The van der Waals surface area contributed by atoms with Gasteiger partial charge in [0, 0.05) is 21.8 Å². The molecular formula is C24H24N2O. The van der Waals surface area contributed by atoms with Gasteiger partial charge in [-0.05, 0) is 40.2 Å². The van der Waals surface area contributed by atoms with Gasteiger partial charge in [-0.3, -0.25) is 4.79 Å². The van der Waals surface area contributed by atoms with Crippen molar-refractivity contribution in [2.24, 2.45) is 0 Å². The third-order valence-corrected chi connectivity index (χ3v) is 4.31. The van der Waals surface area contributed by atoms with Gasteiger partial charge in [-0.1, -0.05) is 78.9 Å². The van der Waals surface area contributed by atoms with E-state index in [1.54, 1.807) is 14.1 Å². The molecule has 1 amide bonds. The predicted octanol–water partition coefficient (Wildman–Crippen LogP) is 4.76. The average molecular weight is 358 g/mol. The molecular weight excluding hydrogens is 332 g/mol. The normalized spacial score (nSPS) is 11.9. The summed E-state index contributed by atoms with van der Waals surface area (Å²) in [4.78, 5) is 11.5. The van der Waals surface area contributed by atoms with Crippen LogP contribution >= 0.6 is 0 Å². The Labute approximate surface area is 162 Å². The van der Waals surface area contributed by atoms with Crippen LogP contribution in [0.25, 0.3) is 21.5 Å². The number of hydrogen-bond acceptors (Lipinski definition) is 2. The van der Waals surface area contributed by atoms with Crippen LogP contribution in [0.15, 0.2) is 84.9 Å². The first-order chi connectivity index (χ1) is 14.0. The van der Waals surface area contributed by atoms with Gasteiger partial charge in [0.05, 0.1) is 0 Å². The van der Waals surface area contributed by atoms with E-state index in [1.165, 1.54) is 0 Å². The zero-order valence-electron chi connectivity index (χ0n) is 17.5. The van der Waals surface area contributed by atoms with Gasteiger partial charge >= 0.3 is 0 Å². The number of benzene rings is 4. The third-order valence-electron chi connectivity index (χ3n) is 4.31. The summed E-state index contributed by atoms with van der Waals surface area (Å²) in [5, 5.41) is 9.43. The lowest BCUT2D eigenvalue weighted by Gasteiger charge is -2.04. The van der Waals surface area contributed by atoms with E-state index in [0.29, 0.717) is 5.56 Å². The van der Waals surface area contributed by atoms with Gasteiger partial charge in [-0.25, -0.2) is 0 Å². The maximum absolute atomic E-state index is 11.5. The van der Waals surface area contributed by atoms with E-state index in [2.05, 4.69) is 10.6 Å². The van der Waals surface area contributed by atoms with Gasteiger partial charge < -0.3 is 10.6 Å². The third kappa shape index (κ3) is 4.33. The van der Waals surface area contributed by atoms with E-state index in [9.17, 15) is 4.79 Å². The molecule has 0 unspecified atom stereocenters. The summed E-state index contributed by atoms with van der Waals surface area (Å²) >= 11 is 0. The Morgan fingerprint density at radius 1 is 0.778 bits per heavy atom. The first kappa shape index (κ1) is 16.0. The minimum Gasteiger partial charge on any atom is -0.355 e. The monoisotopic (exact) mass is 358 g/mol. The summed E-state index contributed by atoms with van der Waals surface area (Å²) in [5.74, 6) is -0.0400. The number of fused-ring (bicyclic) bond motifs is 2. The summed E-state index contributed by atoms with van der Waals surface area (Å²) in [6.45, 7) is -1.49. The second-order valence-corrected chi connectivity index (χ2v) is 6.01. The van der Waals surface area contributed by atoms with E-state index < -0.39 is 6.50 Å². The van der Waals surface area contributed by atoms with Gasteiger partial charge in [0.2, 0.25) is 0 Å². The highest BCUT2D eigenvalue weighted by Crippen LogP contribution is 2.18. The molecule has 0 fully saturated rings. The molecule has 0 aliphatic rings. The Morgan fingerprint density at radius 3 is 2.00 bits per heavy atom. The molecule has 0 heterocycles. The Balaban J connectivity index is 0.000000166. The van der Waals surface area contributed by atoms with Crippen LogP contribution in [0.5, 0.6) is 0 Å². The van der Waals surface area contributed by atoms with E-state index in [1.807, 2.05) is 84.9 Å². The largest absolute Gasteiger partial charge is 0.355 e. The molecule has 3 nitrogen and oxygen atoms in total. The molecule has 136 valence electrons. The SMILES string of the molecule is CNC(=O)c1cccc2ccccc12.[2H]C([2H])(NC)c1cccc2ccccc12. The Bertz CT molecular complexity index is 1130. The average Bonchev–Trinajstić information content (AvgIpc) is 2.78. The van der Waals surface area contributed by atoms with Gasteiger partial charge in [0.1, 0.15) is 0 Å². The topological polar surface area (TPSA) is 41.1 Å². The van der Waals surface area contributed by atoms with E-state index in [-0.39, 0.29) is 5.91 Å². The van der Waals surface area contributed by atoms with Crippen molar-refractivity contribution < 1.29 is 7.54 Å². The highest BCUT2D eigenvalue weighted by molar-refractivity contribution is 6.06. The van der Waals surface area contributed by atoms with Crippen molar-refractivity contribution >= 4 is 27.5 Å². The quantitative estimate of drug-likeness (QED) is 0.554. The summed E-state index contributed by atoms with van der Waals surface area (Å²) in [7, 11) is 3.27. The van der Waals surface area contributed by atoms with Crippen molar-refractivity contribution in [1.29, 1.82) is 0 Å². The molecule has 0 saturated carbocycles. The number of nitrogens with one attached hydrogen (secondary N) is 2. The first-order valence-electron chi connectivity index (χ1n) is 9.85. The highest BCUT2D eigenvalue weighted by atomic mass is 16.1. The lowest BCUT2D eigenvalue weighted by Crippen LogP contribution is -2.17. The lowest BCUT2D eigenvalue weighted by atomic mass is 10.0. The zero-order chi connectivity index (χ0) is 20.9. The second-order valence-electron chi connectivity index (χ2n) is 6.01. The van der Waals surface area contributed by atoms with Crippen molar-refractivity contribution in [3.05, 3.63) is 96.1 Å². The van der Waals surface area contributed by atoms with Gasteiger partial charge in [-0.2, -0.15) is 0 Å². The van der Waals surface area contributed by atoms with Crippen molar-refractivity contribution in [3.8, 4) is 0 Å². The van der Waals surface area contributed by atoms with E-state index in [4.69, 9.17) is 2.74 Å². The Morgan fingerprint density at radius 2 is 1.33 bits per heavy atom. The molecule has 3 heteroatoms. The van der Waals surface area contributed by atoms with Crippen LogP contribution in [0, 0.1) is 0 Å². The number of carbonyl (C=O) groups is 1. The van der Waals surface area contributed by atoms with Crippen LogP contribution in [-0.4, -0.2) is 20.0 Å². The van der Waals surface area contributed by atoms with Crippen LogP contribution in [0.2, 0.25) is 0 Å². The molecule has 0 aliphatic heterocycles. The Hall–Kier alpha value is -3.17. The molecule has 0 spiro atoms. The molecule has 4 aromatic rings. The van der Waals surface area contributed by atoms with Crippen molar-refractivity contribution in [3.63, 3.8) is 0 Å². The zero-order valence-corrected chi connectivity index (χ0v) is 15.5. The molecule has 2 N–H and O–H groups in total. The van der Waals surface area contributed by atoms with Gasteiger partial charge in [-0.15, -0.1) is 0 Å². The molecule has 27 heavy (non-hydrogen) atoms. The minimum atomic E-state index is -1.49. The van der Waals surface area contributed by atoms with Crippen LogP contribution in [-0.2, 0) is 6.50 Å². The molecule has 0 aliphatic carbocycles. The van der Waals surface area contributed by atoms with Crippen molar-refractivity contribution in [2.75, 3.05) is 14.1 Å². The minimum absolute atomic E-state index is 0.0400. The highest BCUT2D eigenvalue weighted by Gasteiger charge is 2.06. The maximum atomic E-state index is 11.5. The van der Waals surface area contributed by atoms with E-state index in [0.717, 1.165) is 27.1 Å². The van der Waals surface area contributed by atoms with E-state index >= 15 is 0 Å². The summed E-state index contributed by atoms with van der Waals surface area (Å²) < 4.78 is 15.7. The molecule has 0 bridgehead atoms. The fraction of sp³-hybridized carbons (Fsp3) is 0.125. The fourth-order valence-corrected chi connectivity index (χ4v) is 3.03. The molecule has 4 rings (SSSR count). The maximum Gasteiger partial charge on any atom is 0.251 e. The first-order valence-corrected chi connectivity index (χ1v) is 8.85. The summed E-state index contributed by atoms with van der Waals surface area (Å²) in [6.07, 6.45) is 0. The second kappa shape index (κ2) is 8.97. The van der Waals surface area contributed by atoms with Crippen LogP contribution < -0.4 is 10.6 Å². The summed E-state index contributed by atoms with van der Waals surface area (Å²) in [5.41, 5.74) is 1.41. The van der Waals surface area contributed by atoms with Crippen LogP contribution in [0.1, 0.15) is 18.7 Å². The van der Waals surface area contributed by atoms with Crippen molar-refractivity contribution in [2.45, 2.75) is 6.50 Å². The number of rotatable bonds is 3. The van der Waals surface area contributed by atoms with Crippen LogP contribution in [0.4, 0.5) is 0 Å². The molecule has 4 aromatic carbocycles. The van der Waals surface area contributed by atoms with Gasteiger partial charge in [0.15, 0.2) is 0 Å². The summed E-state index contributed by atoms with van der Waals surface area (Å²) in [6, 6.07) is 27.1. The Kier molecular flexibility index (Phi) is 5.33. The standard InChI is InChI=1S/C12H11NO.C12H13N/c1-13-12(14)11-8-4-6-9-5-2-3-7-10(9)11;1-13-9-11-7-4-6-10-5-2-3-8-12(10)11/h2-8H,1H3,(H,13,14);2-8,13H,9H2,1H3/i;9D2. The number of carbonyl (C=O) groups excluding carboxylic acids is 1. The van der Waals surface area contributed by atoms with Crippen molar-refractivity contribution in [1.82, 2.24) is 10.6 Å².